The summed E-state index contributed by atoms with van der Waals surface area (Å²) in [6, 6.07) is 8.71. The number of benzene rings is 1. The number of hydrogen-bond acceptors (Lipinski definition) is 7. The standard InChI is InChI=1S/C19H21BrN6O3S/c1-2-29-16-5-4-15(20)12-17(16)30(27,28)25-10-8-24(9-11-25)18-13-19(22-14-21-18)26-7-3-6-23-26/h3-7,12-14H,2,8-11H2,1H3. The number of aromatic nitrogens is 4. The van der Waals surface area contributed by atoms with Gasteiger partial charge in [0.15, 0.2) is 5.82 Å². The Labute approximate surface area is 183 Å². The van der Waals surface area contributed by atoms with Crippen LogP contribution in [-0.2, 0) is 10.0 Å². The van der Waals surface area contributed by atoms with Crippen LogP contribution in [-0.4, -0.2) is 65.3 Å². The lowest BCUT2D eigenvalue weighted by Crippen LogP contribution is -2.49. The molecule has 11 heteroatoms. The first kappa shape index (κ1) is 20.8. The van der Waals surface area contributed by atoms with E-state index in [1.165, 1.54) is 10.6 Å². The quantitative estimate of drug-likeness (QED) is 0.521. The van der Waals surface area contributed by atoms with Crippen molar-refractivity contribution in [2.45, 2.75) is 11.8 Å². The monoisotopic (exact) mass is 492 g/mol. The summed E-state index contributed by atoms with van der Waals surface area (Å²) in [5.41, 5.74) is 0. The molecular formula is C19H21BrN6O3S. The van der Waals surface area contributed by atoms with Gasteiger partial charge in [-0.15, -0.1) is 0 Å². The molecule has 3 heterocycles. The third-order valence-corrected chi connectivity index (χ3v) is 7.18. The van der Waals surface area contributed by atoms with E-state index in [9.17, 15) is 8.42 Å². The number of nitrogens with zero attached hydrogens (tertiary/aromatic N) is 6. The predicted octanol–water partition coefficient (Wildman–Crippen LogP) is 2.33. The summed E-state index contributed by atoms with van der Waals surface area (Å²) in [7, 11) is -3.68. The lowest BCUT2D eigenvalue weighted by molar-refractivity contribution is 0.327. The van der Waals surface area contributed by atoms with Crippen LogP contribution in [0.2, 0.25) is 0 Å². The van der Waals surface area contributed by atoms with E-state index < -0.39 is 10.0 Å². The molecule has 0 atom stereocenters. The Morgan fingerprint density at radius 2 is 1.87 bits per heavy atom. The van der Waals surface area contributed by atoms with E-state index >= 15 is 0 Å². The van der Waals surface area contributed by atoms with Crippen molar-refractivity contribution < 1.29 is 13.2 Å². The van der Waals surface area contributed by atoms with Crippen molar-refractivity contribution in [1.82, 2.24) is 24.1 Å². The molecule has 158 valence electrons. The van der Waals surface area contributed by atoms with Gasteiger partial charge in [0, 0.05) is 49.1 Å². The summed E-state index contributed by atoms with van der Waals surface area (Å²) in [4.78, 5) is 10.8. The molecule has 0 bridgehead atoms. The molecule has 1 fully saturated rings. The fraction of sp³-hybridized carbons (Fsp3) is 0.316. The molecule has 2 aromatic heterocycles. The van der Waals surface area contributed by atoms with Crippen LogP contribution in [0.25, 0.3) is 5.82 Å². The molecule has 0 amide bonds. The highest BCUT2D eigenvalue weighted by atomic mass is 79.9. The highest BCUT2D eigenvalue weighted by Crippen LogP contribution is 2.31. The Bertz CT molecular complexity index is 1120. The third-order valence-electron chi connectivity index (χ3n) is 4.76. The molecule has 4 rings (SSSR count). The normalized spacial score (nSPS) is 15.3. The zero-order valence-electron chi connectivity index (χ0n) is 16.3. The van der Waals surface area contributed by atoms with Gasteiger partial charge < -0.3 is 9.64 Å². The van der Waals surface area contributed by atoms with Crippen LogP contribution < -0.4 is 9.64 Å². The largest absolute Gasteiger partial charge is 0.492 e. The molecular weight excluding hydrogens is 472 g/mol. The minimum Gasteiger partial charge on any atom is -0.492 e. The van der Waals surface area contributed by atoms with Crippen molar-refractivity contribution in [2.75, 3.05) is 37.7 Å². The van der Waals surface area contributed by atoms with Crippen molar-refractivity contribution in [2.24, 2.45) is 0 Å². The molecule has 0 N–H and O–H groups in total. The first-order chi connectivity index (χ1) is 14.5. The van der Waals surface area contributed by atoms with E-state index in [1.54, 1.807) is 29.1 Å². The molecule has 0 aliphatic carbocycles. The minimum atomic E-state index is -3.68. The Balaban J connectivity index is 1.51. The first-order valence-corrected chi connectivity index (χ1v) is 11.7. The average molecular weight is 493 g/mol. The van der Waals surface area contributed by atoms with Gasteiger partial charge in [0.05, 0.1) is 6.61 Å². The van der Waals surface area contributed by atoms with Crippen molar-refractivity contribution >= 4 is 31.8 Å². The second kappa shape index (κ2) is 8.70. The second-order valence-corrected chi connectivity index (χ2v) is 9.42. The summed E-state index contributed by atoms with van der Waals surface area (Å²) in [6.45, 7) is 3.96. The van der Waals surface area contributed by atoms with E-state index in [2.05, 4.69) is 31.0 Å². The molecule has 30 heavy (non-hydrogen) atoms. The molecule has 3 aromatic rings. The number of ether oxygens (including phenoxy) is 1. The van der Waals surface area contributed by atoms with Crippen LogP contribution in [0.15, 0.2) is 58.4 Å². The Kier molecular flexibility index (Phi) is 6.02. The molecule has 1 aliphatic rings. The maximum atomic E-state index is 13.3. The lowest BCUT2D eigenvalue weighted by atomic mass is 10.3. The SMILES string of the molecule is CCOc1ccc(Br)cc1S(=O)(=O)N1CCN(c2cc(-n3cccn3)ncn2)CC1. The van der Waals surface area contributed by atoms with Gasteiger partial charge >= 0.3 is 0 Å². The molecule has 1 aliphatic heterocycles. The second-order valence-electron chi connectivity index (χ2n) is 6.60. The maximum Gasteiger partial charge on any atom is 0.246 e. The molecule has 0 radical (unpaired) electrons. The third kappa shape index (κ3) is 4.18. The van der Waals surface area contributed by atoms with Crippen molar-refractivity contribution in [3.8, 4) is 11.6 Å². The van der Waals surface area contributed by atoms with Crippen molar-refractivity contribution in [3.05, 3.63) is 53.5 Å². The zero-order chi connectivity index (χ0) is 21.1. The first-order valence-electron chi connectivity index (χ1n) is 9.48. The summed E-state index contributed by atoms with van der Waals surface area (Å²) in [5, 5.41) is 4.19. The summed E-state index contributed by atoms with van der Waals surface area (Å²) in [6.07, 6.45) is 4.99. The summed E-state index contributed by atoms with van der Waals surface area (Å²) >= 11 is 3.36. The van der Waals surface area contributed by atoms with Crippen LogP contribution in [0, 0.1) is 0 Å². The van der Waals surface area contributed by atoms with Gasteiger partial charge in [-0.25, -0.2) is 23.1 Å². The van der Waals surface area contributed by atoms with E-state index in [4.69, 9.17) is 4.74 Å². The van der Waals surface area contributed by atoms with Crippen LogP contribution in [0.5, 0.6) is 5.75 Å². The lowest BCUT2D eigenvalue weighted by Gasteiger charge is -2.34. The zero-order valence-corrected chi connectivity index (χ0v) is 18.8. The topological polar surface area (TPSA) is 93.5 Å². The van der Waals surface area contributed by atoms with Crippen LogP contribution >= 0.6 is 15.9 Å². The highest BCUT2D eigenvalue weighted by Gasteiger charge is 2.31. The van der Waals surface area contributed by atoms with Gasteiger partial charge in [-0.05, 0) is 31.2 Å². The molecule has 1 saturated heterocycles. The van der Waals surface area contributed by atoms with E-state index in [0.29, 0.717) is 48.8 Å². The van der Waals surface area contributed by atoms with Gasteiger partial charge in [-0.2, -0.15) is 9.40 Å². The number of piperazine rings is 1. The van der Waals surface area contributed by atoms with Gasteiger partial charge in [0.2, 0.25) is 10.0 Å². The maximum absolute atomic E-state index is 13.3. The number of hydrogen-bond donors (Lipinski definition) is 0. The summed E-state index contributed by atoms with van der Waals surface area (Å²) in [5.74, 6) is 1.77. The van der Waals surface area contributed by atoms with Gasteiger partial charge in [0.25, 0.3) is 0 Å². The Hall–Kier alpha value is -2.50. The van der Waals surface area contributed by atoms with E-state index in [-0.39, 0.29) is 4.90 Å². The molecule has 0 spiro atoms. The molecule has 9 nitrogen and oxygen atoms in total. The Morgan fingerprint density at radius 1 is 1.10 bits per heavy atom. The fourth-order valence-corrected chi connectivity index (χ4v) is 5.39. The Morgan fingerprint density at radius 3 is 2.57 bits per heavy atom. The number of sulfonamides is 1. The number of anilines is 1. The smallest absolute Gasteiger partial charge is 0.246 e. The summed E-state index contributed by atoms with van der Waals surface area (Å²) < 4.78 is 35.9. The van der Waals surface area contributed by atoms with Gasteiger partial charge in [0.1, 0.15) is 22.8 Å². The molecule has 1 aromatic carbocycles. The van der Waals surface area contributed by atoms with Crippen molar-refractivity contribution in [3.63, 3.8) is 0 Å². The highest BCUT2D eigenvalue weighted by molar-refractivity contribution is 9.10. The van der Waals surface area contributed by atoms with Crippen LogP contribution in [0.1, 0.15) is 6.92 Å². The van der Waals surface area contributed by atoms with Gasteiger partial charge in [-0.1, -0.05) is 15.9 Å². The van der Waals surface area contributed by atoms with Crippen LogP contribution in [0.4, 0.5) is 5.82 Å². The predicted molar refractivity (Wildman–Crippen MR) is 115 cm³/mol. The minimum absolute atomic E-state index is 0.176. The van der Waals surface area contributed by atoms with E-state index in [1.807, 2.05) is 30.2 Å². The van der Waals surface area contributed by atoms with Gasteiger partial charge in [-0.3, -0.25) is 0 Å². The van der Waals surface area contributed by atoms with Crippen LogP contribution in [0.3, 0.4) is 0 Å². The molecule has 0 saturated carbocycles. The number of rotatable bonds is 6. The average Bonchev–Trinajstić information content (AvgIpc) is 3.30. The van der Waals surface area contributed by atoms with E-state index in [0.717, 1.165) is 5.82 Å². The fourth-order valence-electron chi connectivity index (χ4n) is 3.29. The molecule has 0 unspecified atom stereocenters. The van der Waals surface area contributed by atoms with Crippen molar-refractivity contribution in [1.29, 1.82) is 0 Å². The number of halogens is 1.